The van der Waals surface area contributed by atoms with Gasteiger partial charge in [-0.3, -0.25) is 9.78 Å². The lowest BCUT2D eigenvalue weighted by Gasteiger charge is -2.12. The first-order valence-electron chi connectivity index (χ1n) is 8.52. The van der Waals surface area contributed by atoms with Crippen LogP contribution in [0, 0.1) is 0 Å². The second-order valence-electron chi connectivity index (χ2n) is 6.34. The van der Waals surface area contributed by atoms with Crippen molar-refractivity contribution in [1.29, 1.82) is 0 Å². The molecule has 0 radical (unpaired) electrons. The summed E-state index contributed by atoms with van der Waals surface area (Å²) < 4.78 is 0. The maximum Gasteiger partial charge on any atom is 0.141 e. The van der Waals surface area contributed by atoms with E-state index < -0.39 is 6.10 Å². The third-order valence-corrected chi connectivity index (χ3v) is 4.48. The van der Waals surface area contributed by atoms with E-state index in [2.05, 4.69) is 4.98 Å². The van der Waals surface area contributed by atoms with Crippen LogP contribution in [0.1, 0.15) is 28.4 Å². The maximum atomic E-state index is 12.2. The molecule has 0 aliphatic carbocycles. The average Bonchev–Trinajstić information content (AvgIpc) is 2.65. The highest BCUT2D eigenvalue weighted by atomic mass is 35.5. The summed E-state index contributed by atoms with van der Waals surface area (Å²) in [5.41, 5.74) is 3.73. The molecular weight excluding hydrogens is 346 g/mol. The number of aliphatic hydroxyl groups excluding tert-OH is 1. The number of aromatic nitrogens is 1. The summed E-state index contributed by atoms with van der Waals surface area (Å²) in [6.45, 7) is 0. The van der Waals surface area contributed by atoms with E-state index in [9.17, 15) is 9.90 Å². The topological polar surface area (TPSA) is 50.2 Å². The van der Waals surface area contributed by atoms with Crippen molar-refractivity contribution in [2.75, 3.05) is 0 Å². The van der Waals surface area contributed by atoms with Gasteiger partial charge in [0, 0.05) is 36.7 Å². The number of pyridine rings is 1. The number of Topliss-reactive ketones (excluding diaryl/α,β-unsaturated/α-hetero) is 1. The molecule has 0 amide bonds. The van der Waals surface area contributed by atoms with Crippen LogP contribution < -0.4 is 0 Å². The summed E-state index contributed by atoms with van der Waals surface area (Å²) in [7, 11) is 0. The molecule has 0 aliphatic heterocycles. The fraction of sp³-hybridized carbons (Fsp3) is 0.182. The molecule has 4 heteroatoms. The van der Waals surface area contributed by atoms with Gasteiger partial charge in [-0.05, 0) is 40.5 Å². The second kappa shape index (κ2) is 8.75. The molecule has 1 heterocycles. The number of nitrogens with zero attached hydrogens (tertiary/aromatic N) is 1. The van der Waals surface area contributed by atoms with Gasteiger partial charge in [0.15, 0.2) is 0 Å². The van der Waals surface area contributed by atoms with Crippen LogP contribution in [0.5, 0.6) is 0 Å². The Morgan fingerprint density at radius 1 is 0.923 bits per heavy atom. The SMILES string of the molecule is O=C(Cc1ccc(C(O)Cc2ccc(Cl)cc2)cc1)Cc1cccnc1. The Balaban J connectivity index is 1.57. The molecule has 3 aromatic rings. The molecule has 0 bridgehead atoms. The van der Waals surface area contributed by atoms with Gasteiger partial charge >= 0.3 is 0 Å². The molecule has 1 aromatic heterocycles. The molecule has 1 atom stereocenters. The first-order chi connectivity index (χ1) is 12.6. The maximum absolute atomic E-state index is 12.2. The van der Waals surface area contributed by atoms with Gasteiger partial charge in [-0.15, -0.1) is 0 Å². The molecular formula is C22H20ClNO2. The van der Waals surface area contributed by atoms with Crippen molar-refractivity contribution in [1.82, 2.24) is 4.98 Å². The summed E-state index contributed by atoms with van der Waals surface area (Å²) >= 11 is 5.88. The lowest BCUT2D eigenvalue weighted by atomic mass is 9.98. The van der Waals surface area contributed by atoms with Crippen LogP contribution in [-0.2, 0) is 24.1 Å². The van der Waals surface area contributed by atoms with Gasteiger partial charge in [0.05, 0.1) is 6.10 Å². The van der Waals surface area contributed by atoms with Gasteiger partial charge in [0.1, 0.15) is 5.78 Å². The van der Waals surface area contributed by atoms with Crippen LogP contribution in [-0.4, -0.2) is 15.9 Å². The molecule has 26 heavy (non-hydrogen) atoms. The first kappa shape index (κ1) is 18.3. The lowest BCUT2D eigenvalue weighted by Crippen LogP contribution is -2.07. The third-order valence-electron chi connectivity index (χ3n) is 4.23. The van der Waals surface area contributed by atoms with Crippen LogP contribution in [0.25, 0.3) is 0 Å². The highest BCUT2D eigenvalue weighted by molar-refractivity contribution is 6.30. The van der Waals surface area contributed by atoms with Crippen LogP contribution in [0.15, 0.2) is 73.1 Å². The van der Waals surface area contributed by atoms with E-state index in [1.165, 1.54) is 0 Å². The summed E-state index contributed by atoms with van der Waals surface area (Å²) in [5.74, 6) is 0.146. The van der Waals surface area contributed by atoms with Crippen molar-refractivity contribution >= 4 is 17.4 Å². The highest BCUT2D eigenvalue weighted by Gasteiger charge is 2.10. The Kier molecular flexibility index (Phi) is 6.16. The Morgan fingerprint density at radius 2 is 1.58 bits per heavy atom. The van der Waals surface area contributed by atoms with Crippen LogP contribution >= 0.6 is 11.6 Å². The van der Waals surface area contributed by atoms with Crippen molar-refractivity contribution in [3.05, 3.63) is 100 Å². The van der Waals surface area contributed by atoms with Gasteiger partial charge in [0.25, 0.3) is 0 Å². The Bertz CT molecular complexity index is 846. The second-order valence-corrected chi connectivity index (χ2v) is 6.78. The summed E-state index contributed by atoms with van der Waals surface area (Å²) in [5, 5.41) is 11.1. The molecule has 0 saturated carbocycles. The number of carbonyl (C=O) groups is 1. The minimum absolute atomic E-state index is 0.146. The fourth-order valence-electron chi connectivity index (χ4n) is 2.84. The minimum Gasteiger partial charge on any atom is -0.388 e. The van der Waals surface area contributed by atoms with E-state index in [4.69, 9.17) is 11.6 Å². The van der Waals surface area contributed by atoms with Gasteiger partial charge < -0.3 is 5.11 Å². The molecule has 1 N–H and O–H groups in total. The zero-order chi connectivity index (χ0) is 18.4. The summed E-state index contributed by atoms with van der Waals surface area (Å²) in [6, 6.07) is 18.8. The van der Waals surface area contributed by atoms with E-state index >= 15 is 0 Å². The van der Waals surface area contributed by atoms with Gasteiger partial charge in [-0.1, -0.05) is 54.1 Å². The van der Waals surface area contributed by atoms with E-state index in [1.807, 2.05) is 60.7 Å². The number of carbonyl (C=O) groups excluding carboxylic acids is 1. The van der Waals surface area contributed by atoms with Gasteiger partial charge in [0.2, 0.25) is 0 Å². The summed E-state index contributed by atoms with van der Waals surface area (Å²) in [4.78, 5) is 16.2. The molecule has 3 nitrogen and oxygen atoms in total. The number of rotatable bonds is 7. The van der Waals surface area contributed by atoms with Crippen molar-refractivity contribution < 1.29 is 9.90 Å². The quantitative estimate of drug-likeness (QED) is 0.676. The van der Waals surface area contributed by atoms with E-state index in [0.29, 0.717) is 24.3 Å². The monoisotopic (exact) mass is 365 g/mol. The molecule has 3 rings (SSSR count). The van der Waals surface area contributed by atoms with Crippen molar-refractivity contribution in [3.63, 3.8) is 0 Å². The zero-order valence-corrected chi connectivity index (χ0v) is 15.1. The minimum atomic E-state index is -0.587. The Hall–Kier alpha value is -2.49. The van der Waals surface area contributed by atoms with Crippen LogP contribution in [0.3, 0.4) is 0 Å². The predicted octanol–water partition coefficient (Wildman–Crippen LogP) is 4.37. The molecule has 1 unspecified atom stereocenters. The van der Waals surface area contributed by atoms with E-state index in [-0.39, 0.29) is 5.78 Å². The average molecular weight is 366 g/mol. The number of hydrogen-bond acceptors (Lipinski definition) is 3. The van der Waals surface area contributed by atoms with Crippen molar-refractivity contribution in [2.24, 2.45) is 0 Å². The smallest absolute Gasteiger partial charge is 0.141 e. The first-order valence-corrected chi connectivity index (χ1v) is 8.90. The number of aliphatic hydroxyl groups is 1. The molecule has 0 saturated heterocycles. The molecule has 132 valence electrons. The Labute approximate surface area is 158 Å². The molecule has 2 aromatic carbocycles. The van der Waals surface area contributed by atoms with E-state index in [0.717, 1.165) is 22.3 Å². The zero-order valence-electron chi connectivity index (χ0n) is 14.3. The van der Waals surface area contributed by atoms with Gasteiger partial charge in [-0.2, -0.15) is 0 Å². The highest BCUT2D eigenvalue weighted by Crippen LogP contribution is 2.20. The summed E-state index contributed by atoms with van der Waals surface area (Å²) in [6.07, 6.45) is 4.11. The lowest BCUT2D eigenvalue weighted by molar-refractivity contribution is -0.117. The van der Waals surface area contributed by atoms with Crippen LogP contribution in [0.4, 0.5) is 0 Å². The largest absolute Gasteiger partial charge is 0.388 e. The number of halogens is 1. The fourth-order valence-corrected chi connectivity index (χ4v) is 2.97. The normalized spacial score (nSPS) is 11.9. The van der Waals surface area contributed by atoms with Crippen molar-refractivity contribution in [3.8, 4) is 0 Å². The van der Waals surface area contributed by atoms with E-state index in [1.54, 1.807) is 12.4 Å². The standard InChI is InChI=1S/C22H20ClNO2/c23-20-9-5-17(6-10-20)14-22(26)19-7-3-16(4-8-19)12-21(25)13-18-2-1-11-24-15-18/h1-11,15,22,26H,12-14H2. The van der Waals surface area contributed by atoms with Gasteiger partial charge in [-0.25, -0.2) is 0 Å². The van der Waals surface area contributed by atoms with Crippen LogP contribution in [0.2, 0.25) is 5.02 Å². The molecule has 0 fully saturated rings. The molecule has 0 spiro atoms. The predicted molar refractivity (Wildman–Crippen MR) is 103 cm³/mol. The Morgan fingerprint density at radius 3 is 2.23 bits per heavy atom. The number of hydrogen-bond donors (Lipinski definition) is 1. The van der Waals surface area contributed by atoms with Crippen molar-refractivity contribution in [2.45, 2.75) is 25.4 Å². The third kappa shape index (κ3) is 5.25. The number of benzene rings is 2. The molecule has 0 aliphatic rings. The number of ketones is 1.